The van der Waals surface area contributed by atoms with E-state index in [4.69, 9.17) is 0 Å². The summed E-state index contributed by atoms with van der Waals surface area (Å²) in [6.45, 7) is 6.70. The zero-order valence-electron chi connectivity index (χ0n) is 6.36. The quantitative estimate of drug-likeness (QED) is 0.589. The van der Waals surface area contributed by atoms with Crippen LogP contribution >= 0.6 is 0 Å². The van der Waals surface area contributed by atoms with E-state index >= 15 is 0 Å². The molecule has 0 aromatic carbocycles. The maximum absolute atomic E-state index is 3.20. The molecular formula is C7H17N. The zero-order valence-corrected chi connectivity index (χ0v) is 6.36. The minimum atomic E-state index is 0.676. The van der Waals surface area contributed by atoms with Crippen LogP contribution in [-0.4, -0.2) is 13.1 Å². The summed E-state index contributed by atoms with van der Waals surface area (Å²) in [4.78, 5) is 0. The van der Waals surface area contributed by atoms with E-state index in [1.165, 1.54) is 6.42 Å². The second-order valence-corrected chi connectivity index (χ2v) is 2.82. The van der Waals surface area contributed by atoms with E-state index in [0.29, 0.717) is 6.04 Å². The van der Waals surface area contributed by atoms with Crippen molar-refractivity contribution in [2.24, 2.45) is 5.92 Å². The van der Waals surface area contributed by atoms with E-state index in [0.717, 1.165) is 5.92 Å². The van der Waals surface area contributed by atoms with E-state index in [-0.39, 0.29) is 0 Å². The normalized spacial score (nSPS) is 14.6. The van der Waals surface area contributed by atoms with Gasteiger partial charge in [-0.3, -0.25) is 0 Å². The summed E-state index contributed by atoms with van der Waals surface area (Å²) >= 11 is 0. The summed E-state index contributed by atoms with van der Waals surface area (Å²) in [6, 6.07) is 0.676. The van der Waals surface area contributed by atoms with Crippen LogP contribution in [0, 0.1) is 5.92 Å². The van der Waals surface area contributed by atoms with Crippen molar-refractivity contribution in [2.45, 2.75) is 33.2 Å². The molecule has 0 rings (SSSR count). The second-order valence-electron chi connectivity index (χ2n) is 2.82. The van der Waals surface area contributed by atoms with Gasteiger partial charge in [-0.25, -0.2) is 0 Å². The minimum absolute atomic E-state index is 0.676. The average molecular weight is 115 g/mol. The van der Waals surface area contributed by atoms with Crippen molar-refractivity contribution in [3.63, 3.8) is 0 Å². The maximum atomic E-state index is 3.20. The lowest BCUT2D eigenvalue weighted by atomic mass is 10.1. The molecule has 8 heavy (non-hydrogen) atoms. The highest BCUT2D eigenvalue weighted by Crippen LogP contribution is 2.02. The predicted molar refractivity (Wildman–Crippen MR) is 38.0 cm³/mol. The molecule has 0 spiro atoms. The van der Waals surface area contributed by atoms with Crippen LogP contribution in [0.1, 0.15) is 27.2 Å². The van der Waals surface area contributed by atoms with Crippen molar-refractivity contribution < 1.29 is 0 Å². The van der Waals surface area contributed by atoms with Crippen molar-refractivity contribution in [2.75, 3.05) is 7.05 Å². The smallest absolute Gasteiger partial charge is 0.00381 e. The van der Waals surface area contributed by atoms with E-state index < -0.39 is 0 Å². The molecule has 0 fully saturated rings. The molecule has 0 saturated heterocycles. The van der Waals surface area contributed by atoms with Gasteiger partial charge in [0.15, 0.2) is 0 Å². The first-order valence-electron chi connectivity index (χ1n) is 3.34. The van der Waals surface area contributed by atoms with Crippen molar-refractivity contribution in [1.29, 1.82) is 0 Å². The summed E-state index contributed by atoms with van der Waals surface area (Å²) in [5.41, 5.74) is 0. The molecule has 0 saturated carbocycles. The molecule has 0 radical (unpaired) electrons. The summed E-state index contributed by atoms with van der Waals surface area (Å²) in [5, 5.41) is 3.20. The van der Waals surface area contributed by atoms with Gasteiger partial charge in [-0.2, -0.15) is 0 Å². The molecule has 0 bridgehead atoms. The number of rotatable bonds is 3. The summed E-state index contributed by atoms with van der Waals surface area (Å²) < 4.78 is 0. The highest BCUT2D eigenvalue weighted by atomic mass is 14.8. The van der Waals surface area contributed by atoms with E-state index in [1.807, 2.05) is 7.05 Å². The Morgan fingerprint density at radius 3 is 1.88 bits per heavy atom. The van der Waals surface area contributed by atoms with Crippen LogP contribution in [-0.2, 0) is 0 Å². The fraction of sp³-hybridized carbons (Fsp3) is 1.00. The monoisotopic (exact) mass is 115 g/mol. The largest absolute Gasteiger partial charge is 0.317 e. The molecular weight excluding hydrogens is 98.1 g/mol. The van der Waals surface area contributed by atoms with Gasteiger partial charge in [0.2, 0.25) is 0 Å². The fourth-order valence-electron chi connectivity index (χ4n) is 0.825. The summed E-state index contributed by atoms with van der Waals surface area (Å²) in [7, 11) is 2.01. The first-order valence-corrected chi connectivity index (χ1v) is 3.34. The molecule has 0 unspecified atom stereocenters. The van der Waals surface area contributed by atoms with Gasteiger partial charge in [-0.15, -0.1) is 0 Å². The third-order valence-corrected chi connectivity index (χ3v) is 1.32. The first-order chi connectivity index (χ1) is 3.66. The highest BCUT2D eigenvalue weighted by molar-refractivity contribution is 4.58. The maximum Gasteiger partial charge on any atom is 0.00381 e. The molecule has 1 nitrogen and oxygen atoms in total. The van der Waals surface area contributed by atoms with Gasteiger partial charge in [0.05, 0.1) is 0 Å². The molecule has 0 aliphatic rings. The molecule has 0 aromatic rings. The molecule has 0 aliphatic heterocycles. The Balaban J connectivity index is 3.10. The fourth-order valence-corrected chi connectivity index (χ4v) is 0.825. The van der Waals surface area contributed by atoms with Crippen molar-refractivity contribution >= 4 is 0 Å². The Labute approximate surface area is 52.5 Å². The van der Waals surface area contributed by atoms with Gasteiger partial charge in [0, 0.05) is 6.04 Å². The van der Waals surface area contributed by atoms with Gasteiger partial charge >= 0.3 is 0 Å². The molecule has 1 N–H and O–H groups in total. The van der Waals surface area contributed by atoms with Crippen LogP contribution in [0.4, 0.5) is 0 Å². The van der Waals surface area contributed by atoms with E-state index in [1.54, 1.807) is 0 Å². The highest BCUT2D eigenvalue weighted by Gasteiger charge is 1.99. The van der Waals surface area contributed by atoms with Crippen LogP contribution in [0.25, 0.3) is 0 Å². The lowest BCUT2D eigenvalue weighted by molar-refractivity contribution is 0.469. The third-order valence-electron chi connectivity index (χ3n) is 1.32. The SMILES string of the molecule is CN[C@@H](C)CC(C)C. The van der Waals surface area contributed by atoms with Crippen molar-refractivity contribution in [1.82, 2.24) is 5.32 Å². The second kappa shape index (κ2) is 3.90. The van der Waals surface area contributed by atoms with Crippen molar-refractivity contribution in [3.05, 3.63) is 0 Å². The lowest BCUT2D eigenvalue weighted by Gasteiger charge is -2.11. The van der Waals surface area contributed by atoms with Gasteiger partial charge in [-0.05, 0) is 26.3 Å². The van der Waals surface area contributed by atoms with E-state index in [2.05, 4.69) is 26.1 Å². The summed E-state index contributed by atoms with van der Waals surface area (Å²) in [6.07, 6.45) is 1.27. The topological polar surface area (TPSA) is 12.0 Å². The van der Waals surface area contributed by atoms with Crippen LogP contribution in [0.15, 0.2) is 0 Å². The van der Waals surface area contributed by atoms with Gasteiger partial charge in [-0.1, -0.05) is 13.8 Å². The van der Waals surface area contributed by atoms with Gasteiger partial charge in [0.1, 0.15) is 0 Å². The number of hydrogen-bond donors (Lipinski definition) is 1. The molecule has 50 valence electrons. The Kier molecular flexibility index (Phi) is 3.88. The van der Waals surface area contributed by atoms with Crippen LogP contribution in [0.3, 0.4) is 0 Å². The molecule has 0 heterocycles. The third kappa shape index (κ3) is 4.13. The standard InChI is InChI=1S/C7H17N/c1-6(2)5-7(3)8-4/h6-8H,5H2,1-4H3/t7-/m0/s1. The summed E-state index contributed by atoms with van der Waals surface area (Å²) in [5.74, 6) is 0.817. The van der Waals surface area contributed by atoms with Crippen molar-refractivity contribution in [3.8, 4) is 0 Å². The van der Waals surface area contributed by atoms with Crippen LogP contribution < -0.4 is 5.32 Å². The molecule has 0 aliphatic carbocycles. The minimum Gasteiger partial charge on any atom is -0.317 e. The molecule has 1 heteroatoms. The van der Waals surface area contributed by atoms with E-state index in [9.17, 15) is 0 Å². The predicted octanol–water partition coefficient (Wildman–Crippen LogP) is 1.64. The Morgan fingerprint density at radius 1 is 1.25 bits per heavy atom. The zero-order chi connectivity index (χ0) is 6.57. The molecule has 1 atom stereocenters. The molecule has 0 aromatic heterocycles. The Hall–Kier alpha value is -0.0400. The number of hydrogen-bond acceptors (Lipinski definition) is 1. The Morgan fingerprint density at radius 2 is 1.75 bits per heavy atom. The van der Waals surface area contributed by atoms with Crippen LogP contribution in [0.5, 0.6) is 0 Å². The van der Waals surface area contributed by atoms with Gasteiger partial charge < -0.3 is 5.32 Å². The number of nitrogens with one attached hydrogen (secondary N) is 1. The van der Waals surface area contributed by atoms with Crippen LogP contribution in [0.2, 0.25) is 0 Å². The lowest BCUT2D eigenvalue weighted by Crippen LogP contribution is -2.22. The molecule has 0 amide bonds. The first kappa shape index (κ1) is 7.96. The van der Waals surface area contributed by atoms with Gasteiger partial charge in [0.25, 0.3) is 0 Å². The average Bonchev–Trinajstić information content (AvgIpc) is 1.65. The Bertz CT molecular complexity index is 50.3.